The van der Waals surface area contributed by atoms with Crippen LogP contribution in [0.15, 0.2) is 36.7 Å². The van der Waals surface area contributed by atoms with Crippen LogP contribution in [0.25, 0.3) is 0 Å². The summed E-state index contributed by atoms with van der Waals surface area (Å²) in [4.78, 5) is 28.8. The topological polar surface area (TPSA) is 58.4 Å². The minimum Gasteiger partial charge on any atom is -0.342 e. The van der Waals surface area contributed by atoms with Crippen LogP contribution in [0.3, 0.4) is 0 Å². The van der Waals surface area contributed by atoms with Crippen molar-refractivity contribution in [1.29, 1.82) is 0 Å². The first-order valence-electron chi connectivity index (χ1n) is 9.17. The smallest absolute Gasteiger partial charge is 0.227 e. The molecule has 2 amide bonds. The Morgan fingerprint density at radius 2 is 2.00 bits per heavy atom. The summed E-state index contributed by atoms with van der Waals surface area (Å²) in [5.41, 5.74) is 1.76. The van der Waals surface area contributed by atoms with Gasteiger partial charge in [-0.1, -0.05) is 12.1 Å². The van der Waals surface area contributed by atoms with Gasteiger partial charge < -0.3 is 9.80 Å². The van der Waals surface area contributed by atoms with E-state index in [1.807, 2.05) is 13.2 Å². The Labute approximate surface area is 158 Å². The maximum absolute atomic E-state index is 13.0. The number of amides is 2. The van der Waals surface area contributed by atoms with Gasteiger partial charge in [0.1, 0.15) is 5.82 Å². The van der Waals surface area contributed by atoms with Crippen molar-refractivity contribution in [2.45, 2.75) is 25.8 Å². The number of hydrogen-bond acceptors (Lipinski definition) is 3. The molecule has 1 unspecified atom stereocenters. The quantitative estimate of drug-likeness (QED) is 0.807. The maximum atomic E-state index is 13.0. The molecule has 1 aromatic carbocycles. The van der Waals surface area contributed by atoms with Gasteiger partial charge in [0.15, 0.2) is 0 Å². The van der Waals surface area contributed by atoms with Gasteiger partial charge in [-0.05, 0) is 30.5 Å². The first kappa shape index (κ1) is 19.1. The van der Waals surface area contributed by atoms with Crippen LogP contribution in [0.1, 0.15) is 24.0 Å². The fourth-order valence-electron chi connectivity index (χ4n) is 3.51. The Bertz CT molecular complexity index is 803. The molecule has 1 atom stereocenters. The van der Waals surface area contributed by atoms with Gasteiger partial charge in [-0.2, -0.15) is 5.10 Å². The zero-order valence-corrected chi connectivity index (χ0v) is 15.8. The lowest BCUT2D eigenvalue weighted by Crippen LogP contribution is -2.46. The average molecular weight is 372 g/mol. The molecule has 1 saturated heterocycles. The Morgan fingerprint density at radius 1 is 1.26 bits per heavy atom. The Balaban J connectivity index is 1.56. The van der Waals surface area contributed by atoms with Gasteiger partial charge >= 0.3 is 0 Å². The normalized spacial score (nSPS) is 17.0. The molecule has 144 valence electrons. The number of rotatable bonds is 5. The Hall–Kier alpha value is -2.70. The molecule has 0 N–H and O–H groups in total. The van der Waals surface area contributed by atoms with Gasteiger partial charge in [-0.15, -0.1) is 0 Å². The molecule has 0 radical (unpaired) electrons. The third-order valence-corrected chi connectivity index (χ3v) is 4.95. The molecule has 0 bridgehead atoms. The minimum atomic E-state index is -0.313. The molecular weight excluding hydrogens is 347 g/mol. The van der Waals surface area contributed by atoms with Crippen molar-refractivity contribution >= 4 is 11.8 Å². The highest BCUT2D eigenvalue weighted by molar-refractivity contribution is 5.82. The molecule has 27 heavy (non-hydrogen) atoms. The summed E-state index contributed by atoms with van der Waals surface area (Å²) in [6.07, 6.45) is 5.47. The largest absolute Gasteiger partial charge is 0.342 e. The number of benzene rings is 1. The number of aryl methyl sites for hydroxylation is 1. The fraction of sp³-hybridized carbons (Fsp3) is 0.450. The van der Waals surface area contributed by atoms with Crippen LogP contribution in [-0.4, -0.2) is 51.5 Å². The third kappa shape index (κ3) is 4.93. The first-order chi connectivity index (χ1) is 12.9. The molecular formula is C20H25FN4O2. The Kier molecular flexibility index (Phi) is 5.88. The SMILES string of the molecule is CN(Cc1cnn(C)c1)C(=O)C1CCCN(C(=O)Cc2ccc(F)cc2)C1. The van der Waals surface area contributed by atoms with Gasteiger partial charge in [0.05, 0.1) is 18.5 Å². The van der Waals surface area contributed by atoms with Crippen LogP contribution in [-0.2, 0) is 29.6 Å². The van der Waals surface area contributed by atoms with Crippen molar-refractivity contribution in [2.24, 2.45) is 13.0 Å². The van der Waals surface area contributed by atoms with Gasteiger partial charge in [0.2, 0.25) is 11.8 Å². The summed E-state index contributed by atoms with van der Waals surface area (Å²) in [6.45, 7) is 1.61. The number of hydrogen-bond donors (Lipinski definition) is 0. The molecule has 1 fully saturated rings. The van der Waals surface area contributed by atoms with Crippen LogP contribution in [0.2, 0.25) is 0 Å². The number of piperidine rings is 1. The van der Waals surface area contributed by atoms with E-state index in [4.69, 9.17) is 0 Å². The highest BCUT2D eigenvalue weighted by atomic mass is 19.1. The number of aromatic nitrogens is 2. The van der Waals surface area contributed by atoms with Crippen LogP contribution < -0.4 is 0 Å². The van der Waals surface area contributed by atoms with E-state index < -0.39 is 0 Å². The summed E-state index contributed by atoms with van der Waals surface area (Å²) in [7, 11) is 3.63. The predicted octanol–water partition coefficient (Wildman–Crippen LogP) is 2.00. The summed E-state index contributed by atoms with van der Waals surface area (Å²) in [6, 6.07) is 5.97. The highest BCUT2D eigenvalue weighted by Crippen LogP contribution is 2.20. The van der Waals surface area contributed by atoms with Crippen LogP contribution in [0, 0.1) is 11.7 Å². The second-order valence-electron chi connectivity index (χ2n) is 7.20. The Morgan fingerprint density at radius 3 is 2.67 bits per heavy atom. The summed E-state index contributed by atoms with van der Waals surface area (Å²) >= 11 is 0. The van der Waals surface area contributed by atoms with E-state index >= 15 is 0 Å². The van der Waals surface area contributed by atoms with Gasteiger partial charge in [0.25, 0.3) is 0 Å². The van der Waals surface area contributed by atoms with Crippen molar-refractivity contribution in [1.82, 2.24) is 19.6 Å². The van der Waals surface area contributed by atoms with Crippen molar-refractivity contribution in [2.75, 3.05) is 20.1 Å². The average Bonchev–Trinajstić information content (AvgIpc) is 3.07. The molecule has 7 heteroatoms. The first-order valence-corrected chi connectivity index (χ1v) is 9.17. The number of nitrogens with zero attached hydrogens (tertiary/aromatic N) is 4. The van der Waals surface area contributed by atoms with Crippen molar-refractivity contribution < 1.29 is 14.0 Å². The number of halogens is 1. The van der Waals surface area contributed by atoms with Crippen molar-refractivity contribution in [3.05, 3.63) is 53.6 Å². The lowest BCUT2D eigenvalue weighted by molar-refractivity contribution is -0.140. The zero-order chi connectivity index (χ0) is 19.4. The molecule has 3 rings (SSSR count). The number of carbonyl (C=O) groups excluding carboxylic acids is 2. The molecule has 2 heterocycles. The molecule has 0 spiro atoms. The second kappa shape index (κ2) is 8.33. The molecule has 0 aliphatic carbocycles. The van der Waals surface area contributed by atoms with Crippen molar-refractivity contribution in [3.8, 4) is 0 Å². The highest BCUT2D eigenvalue weighted by Gasteiger charge is 2.30. The monoisotopic (exact) mass is 372 g/mol. The summed E-state index contributed by atoms with van der Waals surface area (Å²) in [5.74, 6) is -0.462. The molecule has 1 aromatic heterocycles. The van der Waals surface area contributed by atoms with E-state index in [-0.39, 0.29) is 30.0 Å². The molecule has 1 aliphatic rings. The van der Waals surface area contributed by atoms with E-state index in [0.29, 0.717) is 19.6 Å². The molecule has 2 aromatic rings. The lowest BCUT2D eigenvalue weighted by atomic mass is 9.96. The van der Waals surface area contributed by atoms with E-state index in [0.717, 1.165) is 24.0 Å². The van der Waals surface area contributed by atoms with E-state index in [2.05, 4.69) is 5.10 Å². The lowest BCUT2D eigenvalue weighted by Gasteiger charge is -2.34. The van der Waals surface area contributed by atoms with Crippen LogP contribution in [0.5, 0.6) is 0 Å². The van der Waals surface area contributed by atoms with Crippen LogP contribution >= 0.6 is 0 Å². The number of carbonyl (C=O) groups is 2. The van der Waals surface area contributed by atoms with E-state index in [9.17, 15) is 14.0 Å². The fourth-order valence-corrected chi connectivity index (χ4v) is 3.51. The standard InChI is InChI=1S/C20H25FN4O2/c1-23(12-16-11-22-24(2)13-16)20(27)17-4-3-9-25(14-17)19(26)10-15-5-7-18(21)8-6-15/h5-8,11,13,17H,3-4,9-10,12,14H2,1-2H3. The second-order valence-corrected chi connectivity index (χ2v) is 7.20. The summed E-state index contributed by atoms with van der Waals surface area (Å²) < 4.78 is 14.7. The van der Waals surface area contributed by atoms with Gasteiger partial charge in [-0.25, -0.2) is 4.39 Å². The van der Waals surface area contributed by atoms with E-state index in [1.165, 1.54) is 12.1 Å². The van der Waals surface area contributed by atoms with E-state index in [1.54, 1.807) is 39.9 Å². The number of likely N-dealkylation sites (tertiary alicyclic amines) is 1. The molecule has 0 saturated carbocycles. The minimum absolute atomic E-state index is 0.0194. The summed E-state index contributed by atoms with van der Waals surface area (Å²) in [5, 5.41) is 4.12. The van der Waals surface area contributed by atoms with Gasteiger partial charge in [-0.3, -0.25) is 14.3 Å². The molecule has 6 nitrogen and oxygen atoms in total. The third-order valence-electron chi connectivity index (χ3n) is 4.95. The zero-order valence-electron chi connectivity index (χ0n) is 15.8. The molecule has 1 aliphatic heterocycles. The van der Waals surface area contributed by atoms with Gasteiger partial charge in [0, 0.05) is 45.5 Å². The van der Waals surface area contributed by atoms with Crippen molar-refractivity contribution in [3.63, 3.8) is 0 Å². The maximum Gasteiger partial charge on any atom is 0.227 e. The predicted molar refractivity (Wildman–Crippen MR) is 99.1 cm³/mol. The van der Waals surface area contributed by atoms with Crippen LogP contribution in [0.4, 0.5) is 4.39 Å².